The van der Waals surface area contributed by atoms with Crippen LogP contribution in [0.3, 0.4) is 0 Å². The van der Waals surface area contributed by atoms with Crippen molar-refractivity contribution in [3.05, 3.63) is 18.7 Å². The Morgan fingerprint density at radius 1 is 1.69 bits per heavy atom. The van der Waals surface area contributed by atoms with Gasteiger partial charge in [-0.3, -0.25) is 4.40 Å². The van der Waals surface area contributed by atoms with Crippen LogP contribution in [0.5, 0.6) is 0 Å². The molecule has 0 aliphatic rings. The number of aliphatic carboxylic acids is 1. The van der Waals surface area contributed by atoms with Crippen LogP contribution in [-0.2, 0) is 4.79 Å². The molecule has 0 aliphatic heterocycles. The minimum Gasteiger partial charge on any atom is -0.480 e. The number of carboxylic acid groups (broad SMARTS) is 1. The summed E-state index contributed by atoms with van der Waals surface area (Å²) in [5.74, 6) is -0.486. The second-order valence-electron chi connectivity index (χ2n) is 3.28. The van der Waals surface area contributed by atoms with Crippen LogP contribution in [0.4, 0.5) is 5.82 Å². The Hall–Kier alpha value is -2.18. The van der Waals surface area contributed by atoms with E-state index < -0.39 is 12.0 Å². The summed E-state index contributed by atoms with van der Waals surface area (Å²) < 4.78 is 1.67. The Kier molecular flexibility index (Phi) is 2.67. The topological polar surface area (TPSA) is 92.4 Å². The van der Waals surface area contributed by atoms with Crippen LogP contribution in [-0.4, -0.2) is 36.7 Å². The van der Waals surface area contributed by atoms with Gasteiger partial charge >= 0.3 is 5.97 Å². The molecule has 0 saturated heterocycles. The molecular formula is C9H11N5O2. The lowest BCUT2D eigenvalue weighted by Gasteiger charge is -2.12. The fourth-order valence-electron chi connectivity index (χ4n) is 1.36. The van der Waals surface area contributed by atoms with E-state index >= 15 is 0 Å². The van der Waals surface area contributed by atoms with Crippen LogP contribution in [0.25, 0.3) is 5.65 Å². The zero-order valence-corrected chi connectivity index (χ0v) is 8.66. The molecule has 0 aliphatic carbocycles. The number of rotatable bonds is 4. The molecule has 2 rings (SSSR count). The first-order valence-corrected chi connectivity index (χ1v) is 4.86. The van der Waals surface area contributed by atoms with Crippen molar-refractivity contribution in [3.8, 4) is 0 Å². The highest BCUT2D eigenvalue weighted by atomic mass is 16.4. The molecule has 16 heavy (non-hydrogen) atoms. The predicted octanol–water partition coefficient (Wildman–Crippen LogP) is 0.399. The zero-order chi connectivity index (χ0) is 11.5. The van der Waals surface area contributed by atoms with Gasteiger partial charge in [0.15, 0.2) is 5.82 Å². The smallest absolute Gasteiger partial charge is 0.326 e. The number of hydrogen-bond donors (Lipinski definition) is 2. The maximum absolute atomic E-state index is 10.9. The quantitative estimate of drug-likeness (QED) is 0.776. The Labute approximate surface area is 91.1 Å². The van der Waals surface area contributed by atoms with Gasteiger partial charge in [-0.25, -0.2) is 9.78 Å². The number of anilines is 1. The molecule has 84 valence electrons. The van der Waals surface area contributed by atoms with Crippen LogP contribution >= 0.6 is 0 Å². The van der Waals surface area contributed by atoms with Crippen LogP contribution < -0.4 is 5.32 Å². The Morgan fingerprint density at radius 2 is 2.50 bits per heavy atom. The minimum atomic E-state index is -0.911. The third-order valence-electron chi connectivity index (χ3n) is 2.23. The van der Waals surface area contributed by atoms with Gasteiger partial charge in [0, 0.05) is 12.4 Å². The summed E-state index contributed by atoms with van der Waals surface area (Å²) in [5, 5.41) is 19.3. The Bertz CT molecular complexity index is 509. The molecular weight excluding hydrogens is 210 g/mol. The number of fused-ring (bicyclic) bond motifs is 1. The number of hydrogen-bond acceptors (Lipinski definition) is 5. The number of aromatic nitrogens is 4. The highest BCUT2D eigenvalue weighted by molar-refractivity contribution is 5.78. The molecule has 2 heterocycles. The van der Waals surface area contributed by atoms with Gasteiger partial charge in [-0.05, 0) is 6.42 Å². The number of nitrogens with one attached hydrogen (secondary N) is 1. The molecule has 2 N–H and O–H groups in total. The summed E-state index contributed by atoms with van der Waals surface area (Å²) in [7, 11) is 0. The van der Waals surface area contributed by atoms with Gasteiger partial charge in [0.2, 0.25) is 5.65 Å². The third-order valence-corrected chi connectivity index (χ3v) is 2.23. The van der Waals surface area contributed by atoms with Crippen LogP contribution in [0.2, 0.25) is 0 Å². The Balaban J connectivity index is 2.33. The average molecular weight is 221 g/mol. The van der Waals surface area contributed by atoms with E-state index in [-0.39, 0.29) is 0 Å². The Morgan fingerprint density at radius 3 is 3.19 bits per heavy atom. The summed E-state index contributed by atoms with van der Waals surface area (Å²) in [4.78, 5) is 14.9. The van der Waals surface area contributed by atoms with Crippen molar-refractivity contribution in [1.82, 2.24) is 19.6 Å². The van der Waals surface area contributed by atoms with E-state index in [0.717, 1.165) is 0 Å². The fraction of sp³-hybridized carbons (Fsp3) is 0.333. The monoisotopic (exact) mass is 221 g/mol. The first-order chi connectivity index (χ1) is 7.72. The molecule has 7 heteroatoms. The van der Waals surface area contributed by atoms with Gasteiger partial charge in [-0.1, -0.05) is 6.92 Å². The molecule has 0 fully saturated rings. The molecule has 7 nitrogen and oxygen atoms in total. The van der Waals surface area contributed by atoms with Crippen LogP contribution in [0.15, 0.2) is 18.7 Å². The largest absolute Gasteiger partial charge is 0.480 e. The highest BCUT2D eigenvalue weighted by Crippen LogP contribution is 2.12. The molecule has 0 amide bonds. The van der Waals surface area contributed by atoms with Crippen molar-refractivity contribution in [3.63, 3.8) is 0 Å². The van der Waals surface area contributed by atoms with E-state index in [1.165, 1.54) is 6.33 Å². The van der Waals surface area contributed by atoms with Crippen LogP contribution in [0.1, 0.15) is 13.3 Å². The van der Waals surface area contributed by atoms with E-state index in [1.807, 2.05) is 0 Å². The molecule has 0 aromatic carbocycles. The SMILES string of the molecule is CCC(Nc1nccn2cnnc12)C(=O)O. The fourth-order valence-corrected chi connectivity index (χ4v) is 1.36. The second kappa shape index (κ2) is 4.13. The zero-order valence-electron chi connectivity index (χ0n) is 8.66. The molecule has 1 atom stereocenters. The van der Waals surface area contributed by atoms with E-state index in [2.05, 4.69) is 20.5 Å². The van der Waals surface area contributed by atoms with Gasteiger partial charge in [-0.15, -0.1) is 10.2 Å². The summed E-state index contributed by atoms with van der Waals surface area (Å²) in [6.07, 6.45) is 5.26. The number of nitrogens with zero attached hydrogens (tertiary/aromatic N) is 4. The molecule has 0 radical (unpaired) electrons. The van der Waals surface area contributed by atoms with Gasteiger partial charge in [0.25, 0.3) is 0 Å². The molecule has 2 aromatic rings. The summed E-state index contributed by atoms with van der Waals surface area (Å²) in [6, 6.07) is -0.671. The number of carboxylic acids is 1. The predicted molar refractivity (Wildman–Crippen MR) is 56.1 cm³/mol. The number of carbonyl (C=O) groups is 1. The lowest BCUT2D eigenvalue weighted by atomic mass is 10.2. The van der Waals surface area contributed by atoms with Crippen molar-refractivity contribution < 1.29 is 9.90 Å². The molecule has 1 unspecified atom stereocenters. The third kappa shape index (κ3) is 1.79. The van der Waals surface area contributed by atoms with Gasteiger partial charge < -0.3 is 10.4 Å². The van der Waals surface area contributed by atoms with Gasteiger partial charge in [0.1, 0.15) is 12.4 Å². The molecule has 0 spiro atoms. The van der Waals surface area contributed by atoms with Crippen molar-refractivity contribution in [2.24, 2.45) is 0 Å². The maximum Gasteiger partial charge on any atom is 0.326 e. The lowest BCUT2D eigenvalue weighted by molar-refractivity contribution is -0.137. The lowest BCUT2D eigenvalue weighted by Crippen LogP contribution is -2.29. The van der Waals surface area contributed by atoms with E-state index in [9.17, 15) is 4.79 Å². The summed E-state index contributed by atoms with van der Waals surface area (Å²) in [5.41, 5.74) is 0.516. The van der Waals surface area contributed by atoms with Gasteiger partial charge in [-0.2, -0.15) is 0 Å². The van der Waals surface area contributed by atoms with E-state index in [0.29, 0.717) is 17.9 Å². The maximum atomic E-state index is 10.9. The molecule has 2 aromatic heterocycles. The molecule has 0 saturated carbocycles. The summed E-state index contributed by atoms with van der Waals surface area (Å²) in [6.45, 7) is 1.79. The standard InChI is InChI=1S/C9H11N5O2/c1-2-6(9(15)16)12-7-8-13-11-5-14(8)4-3-10-7/h3-6H,2H2,1H3,(H,10,12)(H,15,16). The van der Waals surface area contributed by atoms with Crippen molar-refractivity contribution >= 4 is 17.4 Å². The normalized spacial score (nSPS) is 12.6. The average Bonchev–Trinajstić information content (AvgIpc) is 2.73. The van der Waals surface area contributed by atoms with Crippen molar-refractivity contribution in [2.75, 3.05) is 5.32 Å². The van der Waals surface area contributed by atoms with Gasteiger partial charge in [0.05, 0.1) is 0 Å². The summed E-state index contributed by atoms with van der Waals surface area (Å²) >= 11 is 0. The highest BCUT2D eigenvalue weighted by Gasteiger charge is 2.16. The molecule has 0 bridgehead atoms. The minimum absolute atomic E-state index is 0.425. The van der Waals surface area contributed by atoms with Crippen molar-refractivity contribution in [2.45, 2.75) is 19.4 Å². The van der Waals surface area contributed by atoms with E-state index in [4.69, 9.17) is 5.11 Å². The van der Waals surface area contributed by atoms with Crippen LogP contribution in [0, 0.1) is 0 Å². The van der Waals surface area contributed by atoms with Crippen molar-refractivity contribution in [1.29, 1.82) is 0 Å². The first-order valence-electron chi connectivity index (χ1n) is 4.86. The first kappa shape index (κ1) is 10.3. The second-order valence-corrected chi connectivity index (χ2v) is 3.28. The van der Waals surface area contributed by atoms with E-state index in [1.54, 1.807) is 23.7 Å².